The molecule has 0 bridgehead atoms. The molecule has 0 saturated carbocycles. The zero-order chi connectivity index (χ0) is 17.0. The van der Waals surface area contributed by atoms with Crippen LogP contribution in [0.4, 0.5) is 0 Å². The summed E-state index contributed by atoms with van der Waals surface area (Å²) in [5.41, 5.74) is 0. The van der Waals surface area contributed by atoms with Crippen molar-refractivity contribution in [1.29, 1.82) is 0 Å². The average Bonchev–Trinajstić information content (AvgIpc) is 2.55. The molecular formula is C20H42O3. The third kappa shape index (κ3) is 19.8. The van der Waals surface area contributed by atoms with E-state index in [2.05, 4.69) is 6.92 Å². The first-order chi connectivity index (χ1) is 11.3. The van der Waals surface area contributed by atoms with Crippen LogP contribution in [0.3, 0.4) is 0 Å². The van der Waals surface area contributed by atoms with E-state index in [1.165, 1.54) is 83.5 Å². The van der Waals surface area contributed by atoms with Crippen LogP contribution in [-0.2, 0) is 4.74 Å². The Labute approximate surface area is 144 Å². The Morgan fingerprint density at radius 3 is 1.52 bits per heavy atom. The van der Waals surface area contributed by atoms with E-state index in [4.69, 9.17) is 9.84 Å². The third-order valence-corrected chi connectivity index (χ3v) is 4.42. The zero-order valence-electron chi connectivity index (χ0n) is 15.6. The van der Waals surface area contributed by atoms with E-state index in [1.54, 1.807) is 0 Å². The SMILES string of the molecule is CCCCCCCCCCCCCCCC[C@H](O)OCCCO. The van der Waals surface area contributed by atoms with Crippen LogP contribution in [0.15, 0.2) is 0 Å². The summed E-state index contributed by atoms with van der Waals surface area (Å²) >= 11 is 0. The molecule has 3 nitrogen and oxygen atoms in total. The summed E-state index contributed by atoms with van der Waals surface area (Å²) in [7, 11) is 0. The highest BCUT2D eigenvalue weighted by molar-refractivity contribution is 4.50. The molecule has 0 saturated heterocycles. The fraction of sp³-hybridized carbons (Fsp3) is 1.00. The van der Waals surface area contributed by atoms with Gasteiger partial charge in [0.25, 0.3) is 0 Å². The number of rotatable bonds is 19. The lowest BCUT2D eigenvalue weighted by molar-refractivity contribution is -0.106. The van der Waals surface area contributed by atoms with Gasteiger partial charge in [-0.05, 0) is 19.3 Å². The number of unbranched alkanes of at least 4 members (excludes halogenated alkanes) is 13. The second kappa shape index (κ2) is 19.9. The minimum atomic E-state index is -0.640. The van der Waals surface area contributed by atoms with Crippen molar-refractivity contribution < 1.29 is 14.9 Å². The van der Waals surface area contributed by atoms with Crippen LogP contribution in [0.1, 0.15) is 110 Å². The van der Waals surface area contributed by atoms with Crippen molar-refractivity contribution in [2.75, 3.05) is 13.2 Å². The minimum absolute atomic E-state index is 0.131. The van der Waals surface area contributed by atoms with E-state index >= 15 is 0 Å². The molecule has 0 aromatic carbocycles. The second-order valence-corrected chi connectivity index (χ2v) is 6.79. The van der Waals surface area contributed by atoms with Crippen LogP contribution >= 0.6 is 0 Å². The van der Waals surface area contributed by atoms with Crippen LogP contribution in [0.2, 0.25) is 0 Å². The number of hydrogen-bond donors (Lipinski definition) is 2. The summed E-state index contributed by atoms with van der Waals surface area (Å²) in [6.07, 6.45) is 19.6. The highest BCUT2D eigenvalue weighted by Crippen LogP contribution is 2.13. The van der Waals surface area contributed by atoms with Gasteiger partial charge in [-0.1, -0.05) is 90.4 Å². The second-order valence-electron chi connectivity index (χ2n) is 6.79. The van der Waals surface area contributed by atoms with Crippen molar-refractivity contribution in [3.8, 4) is 0 Å². The molecule has 0 amide bonds. The van der Waals surface area contributed by atoms with Crippen LogP contribution in [0.25, 0.3) is 0 Å². The molecule has 0 heterocycles. The number of hydrogen-bond acceptors (Lipinski definition) is 3. The molecule has 0 aliphatic carbocycles. The first kappa shape index (κ1) is 22.9. The van der Waals surface area contributed by atoms with Gasteiger partial charge in [-0.2, -0.15) is 0 Å². The first-order valence-electron chi connectivity index (χ1n) is 10.2. The number of aliphatic hydroxyl groups is 2. The molecule has 0 aliphatic rings. The maximum Gasteiger partial charge on any atom is 0.154 e. The van der Waals surface area contributed by atoms with E-state index in [1.807, 2.05) is 0 Å². The quantitative estimate of drug-likeness (QED) is 0.240. The lowest BCUT2D eigenvalue weighted by Gasteiger charge is -2.11. The molecule has 0 radical (unpaired) electrons. The Hall–Kier alpha value is -0.120. The Bertz CT molecular complexity index is 209. The van der Waals surface area contributed by atoms with Crippen molar-refractivity contribution in [2.45, 2.75) is 116 Å². The standard InChI is InChI=1S/C20H42O3/c1-2-3-4-5-6-7-8-9-10-11-12-13-14-15-17-20(22)23-19-16-18-21/h20-22H,2-19H2,1H3/t20-/m1/s1. The molecule has 0 aliphatic heterocycles. The van der Waals surface area contributed by atoms with Crippen molar-refractivity contribution in [3.05, 3.63) is 0 Å². The smallest absolute Gasteiger partial charge is 0.154 e. The first-order valence-corrected chi connectivity index (χ1v) is 10.2. The van der Waals surface area contributed by atoms with E-state index in [0.717, 1.165) is 12.8 Å². The van der Waals surface area contributed by atoms with Crippen LogP contribution < -0.4 is 0 Å². The van der Waals surface area contributed by atoms with Crippen LogP contribution in [0.5, 0.6) is 0 Å². The van der Waals surface area contributed by atoms with Gasteiger partial charge in [-0.3, -0.25) is 0 Å². The lowest BCUT2D eigenvalue weighted by Crippen LogP contribution is -2.13. The summed E-state index contributed by atoms with van der Waals surface area (Å²) in [5, 5.41) is 18.2. The third-order valence-electron chi connectivity index (χ3n) is 4.42. The molecule has 3 heteroatoms. The Morgan fingerprint density at radius 2 is 1.09 bits per heavy atom. The topological polar surface area (TPSA) is 49.7 Å². The monoisotopic (exact) mass is 330 g/mol. The molecule has 2 N–H and O–H groups in total. The highest BCUT2D eigenvalue weighted by Gasteiger charge is 2.03. The van der Waals surface area contributed by atoms with Crippen molar-refractivity contribution >= 4 is 0 Å². The Balaban J connectivity index is 3.05. The van der Waals surface area contributed by atoms with E-state index in [-0.39, 0.29) is 6.61 Å². The van der Waals surface area contributed by atoms with Gasteiger partial charge in [0.2, 0.25) is 0 Å². The highest BCUT2D eigenvalue weighted by atomic mass is 16.6. The average molecular weight is 331 g/mol. The molecular weight excluding hydrogens is 288 g/mol. The van der Waals surface area contributed by atoms with Crippen molar-refractivity contribution in [3.63, 3.8) is 0 Å². The van der Waals surface area contributed by atoms with Gasteiger partial charge < -0.3 is 14.9 Å². The zero-order valence-corrected chi connectivity index (χ0v) is 15.6. The van der Waals surface area contributed by atoms with Gasteiger partial charge in [0, 0.05) is 6.61 Å². The Morgan fingerprint density at radius 1 is 0.652 bits per heavy atom. The molecule has 0 unspecified atom stereocenters. The van der Waals surface area contributed by atoms with Gasteiger partial charge in [0.1, 0.15) is 0 Å². The number of aliphatic hydroxyl groups excluding tert-OH is 2. The van der Waals surface area contributed by atoms with E-state index < -0.39 is 6.29 Å². The molecule has 23 heavy (non-hydrogen) atoms. The van der Waals surface area contributed by atoms with Gasteiger partial charge in [-0.15, -0.1) is 0 Å². The summed E-state index contributed by atoms with van der Waals surface area (Å²) in [6, 6.07) is 0. The summed E-state index contributed by atoms with van der Waals surface area (Å²) in [4.78, 5) is 0. The van der Waals surface area contributed by atoms with Crippen LogP contribution in [-0.4, -0.2) is 29.7 Å². The Kier molecular flexibility index (Phi) is 19.8. The summed E-state index contributed by atoms with van der Waals surface area (Å²) in [6.45, 7) is 2.86. The molecule has 0 aromatic heterocycles. The maximum atomic E-state index is 9.56. The molecule has 0 spiro atoms. The fourth-order valence-corrected chi connectivity index (χ4v) is 2.88. The summed E-state index contributed by atoms with van der Waals surface area (Å²) < 4.78 is 5.19. The molecule has 1 atom stereocenters. The maximum absolute atomic E-state index is 9.56. The molecule has 140 valence electrons. The minimum Gasteiger partial charge on any atom is -0.396 e. The molecule has 0 fully saturated rings. The van der Waals surface area contributed by atoms with Gasteiger partial charge in [0.15, 0.2) is 6.29 Å². The van der Waals surface area contributed by atoms with Crippen molar-refractivity contribution in [1.82, 2.24) is 0 Å². The fourth-order valence-electron chi connectivity index (χ4n) is 2.88. The normalized spacial score (nSPS) is 12.7. The van der Waals surface area contributed by atoms with E-state index in [9.17, 15) is 5.11 Å². The van der Waals surface area contributed by atoms with Gasteiger partial charge >= 0.3 is 0 Å². The largest absolute Gasteiger partial charge is 0.396 e. The van der Waals surface area contributed by atoms with Gasteiger partial charge in [-0.25, -0.2) is 0 Å². The van der Waals surface area contributed by atoms with Crippen molar-refractivity contribution in [2.24, 2.45) is 0 Å². The molecule has 0 rings (SSSR count). The summed E-state index contributed by atoms with van der Waals surface area (Å²) in [5.74, 6) is 0. The van der Waals surface area contributed by atoms with Gasteiger partial charge in [0.05, 0.1) is 6.61 Å². The van der Waals surface area contributed by atoms with E-state index in [0.29, 0.717) is 13.0 Å². The predicted molar refractivity (Wildman–Crippen MR) is 98.6 cm³/mol. The molecule has 0 aromatic rings. The van der Waals surface area contributed by atoms with Crippen LogP contribution in [0, 0.1) is 0 Å². The number of ether oxygens (including phenoxy) is 1. The lowest BCUT2D eigenvalue weighted by atomic mass is 10.0. The predicted octanol–water partition coefficient (Wildman–Crippen LogP) is 5.58.